The number of aryl methyl sites for hydroxylation is 1. The average molecular weight is 357 g/mol. The van der Waals surface area contributed by atoms with E-state index in [9.17, 15) is 4.79 Å². The third-order valence-electron chi connectivity index (χ3n) is 4.45. The van der Waals surface area contributed by atoms with Crippen molar-refractivity contribution >= 4 is 22.6 Å². The zero-order chi connectivity index (χ0) is 18.6. The zero-order valence-electron chi connectivity index (χ0n) is 14.9. The van der Waals surface area contributed by atoms with E-state index in [0.29, 0.717) is 5.69 Å². The van der Waals surface area contributed by atoms with Crippen LogP contribution in [0.3, 0.4) is 0 Å². The third kappa shape index (κ3) is 3.87. The SMILES string of the molecule is Cc1ccc(C(CC(=O)Nc2ccc3nccnc3c2)c2ccccc2)o1. The van der Waals surface area contributed by atoms with Gasteiger partial charge in [0.2, 0.25) is 5.91 Å². The smallest absolute Gasteiger partial charge is 0.225 e. The van der Waals surface area contributed by atoms with E-state index in [1.165, 1.54) is 0 Å². The van der Waals surface area contributed by atoms with Crippen molar-refractivity contribution in [3.8, 4) is 0 Å². The number of rotatable bonds is 5. The summed E-state index contributed by atoms with van der Waals surface area (Å²) in [4.78, 5) is 21.2. The Kier molecular flexibility index (Phi) is 4.66. The van der Waals surface area contributed by atoms with Crippen molar-refractivity contribution in [2.24, 2.45) is 0 Å². The predicted octanol–water partition coefficient (Wildman–Crippen LogP) is 4.69. The number of amides is 1. The van der Waals surface area contributed by atoms with E-state index in [1.807, 2.05) is 67.6 Å². The Hall–Kier alpha value is -3.47. The van der Waals surface area contributed by atoms with Gasteiger partial charge in [0.25, 0.3) is 0 Å². The van der Waals surface area contributed by atoms with Crippen molar-refractivity contribution in [2.45, 2.75) is 19.3 Å². The van der Waals surface area contributed by atoms with Crippen molar-refractivity contribution in [1.29, 1.82) is 0 Å². The van der Waals surface area contributed by atoms with Gasteiger partial charge in [0.1, 0.15) is 11.5 Å². The third-order valence-corrected chi connectivity index (χ3v) is 4.45. The van der Waals surface area contributed by atoms with Crippen LogP contribution >= 0.6 is 0 Å². The second-order valence-corrected chi connectivity index (χ2v) is 6.42. The van der Waals surface area contributed by atoms with Crippen LogP contribution in [0.15, 0.2) is 77.5 Å². The highest BCUT2D eigenvalue weighted by Crippen LogP contribution is 2.30. The van der Waals surface area contributed by atoms with Gasteiger partial charge in [-0.1, -0.05) is 30.3 Å². The van der Waals surface area contributed by atoms with Gasteiger partial charge >= 0.3 is 0 Å². The molecule has 0 spiro atoms. The number of carbonyl (C=O) groups excluding carboxylic acids is 1. The van der Waals surface area contributed by atoms with Gasteiger partial charge in [-0.15, -0.1) is 0 Å². The highest BCUT2D eigenvalue weighted by atomic mass is 16.3. The summed E-state index contributed by atoms with van der Waals surface area (Å²) in [5, 5.41) is 2.96. The molecule has 5 nitrogen and oxygen atoms in total. The van der Waals surface area contributed by atoms with Crippen LogP contribution in [0, 0.1) is 6.92 Å². The summed E-state index contributed by atoms with van der Waals surface area (Å²) in [5.74, 6) is 1.40. The zero-order valence-corrected chi connectivity index (χ0v) is 14.9. The molecule has 2 aromatic carbocycles. The lowest BCUT2D eigenvalue weighted by Gasteiger charge is -2.15. The molecule has 0 aliphatic carbocycles. The predicted molar refractivity (Wildman–Crippen MR) is 105 cm³/mol. The van der Waals surface area contributed by atoms with Gasteiger partial charge in [-0.25, -0.2) is 0 Å². The van der Waals surface area contributed by atoms with Crippen LogP contribution in [0.4, 0.5) is 5.69 Å². The lowest BCUT2D eigenvalue weighted by Crippen LogP contribution is -2.16. The van der Waals surface area contributed by atoms with Crippen molar-refractivity contribution in [3.63, 3.8) is 0 Å². The standard InChI is InChI=1S/C22H19N3O2/c1-15-7-10-21(27-15)18(16-5-3-2-4-6-16)14-22(26)25-17-8-9-19-20(13-17)24-12-11-23-19/h2-13,18H,14H2,1H3,(H,25,26). The second kappa shape index (κ2) is 7.41. The first-order valence-corrected chi connectivity index (χ1v) is 8.81. The number of benzene rings is 2. The summed E-state index contributed by atoms with van der Waals surface area (Å²) in [6, 6.07) is 19.3. The first kappa shape index (κ1) is 17.0. The molecule has 4 aromatic rings. The molecule has 2 aromatic heterocycles. The Balaban J connectivity index is 1.56. The maximum absolute atomic E-state index is 12.7. The summed E-state index contributed by atoms with van der Waals surface area (Å²) in [6.45, 7) is 1.90. The number of hydrogen-bond donors (Lipinski definition) is 1. The second-order valence-electron chi connectivity index (χ2n) is 6.42. The molecule has 0 aliphatic heterocycles. The molecule has 1 atom stereocenters. The summed E-state index contributed by atoms with van der Waals surface area (Å²) < 4.78 is 5.81. The van der Waals surface area contributed by atoms with Crippen LogP contribution in [-0.4, -0.2) is 15.9 Å². The molecule has 0 bridgehead atoms. The van der Waals surface area contributed by atoms with Crippen LogP contribution in [0.25, 0.3) is 11.0 Å². The minimum atomic E-state index is -0.139. The Bertz CT molecular complexity index is 1070. The monoisotopic (exact) mass is 357 g/mol. The number of fused-ring (bicyclic) bond motifs is 1. The summed E-state index contributed by atoms with van der Waals surface area (Å²) in [7, 11) is 0. The summed E-state index contributed by atoms with van der Waals surface area (Å²) in [5.41, 5.74) is 3.29. The quantitative estimate of drug-likeness (QED) is 0.562. The molecule has 2 heterocycles. The fraction of sp³-hybridized carbons (Fsp3) is 0.136. The number of aromatic nitrogens is 2. The molecule has 5 heteroatoms. The van der Waals surface area contributed by atoms with Gasteiger partial charge in [-0.2, -0.15) is 0 Å². The first-order valence-electron chi connectivity index (χ1n) is 8.81. The van der Waals surface area contributed by atoms with E-state index in [0.717, 1.165) is 28.1 Å². The lowest BCUT2D eigenvalue weighted by atomic mass is 9.93. The minimum absolute atomic E-state index is 0.0823. The highest BCUT2D eigenvalue weighted by Gasteiger charge is 2.21. The molecular weight excluding hydrogens is 338 g/mol. The number of carbonyl (C=O) groups is 1. The van der Waals surface area contributed by atoms with E-state index in [4.69, 9.17) is 4.42 Å². The molecule has 0 saturated carbocycles. The highest BCUT2D eigenvalue weighted by molar-refractivity contribution is 5.93. The fourth-order valence-electron chi connectivity index (χ4n) is 3.15. The van der Waals surface area contributed by atoms with Crippen molar-refractivity contribution in [1.82, 2.24) is 9.97 Å². The maximum atomic E-state index is 12.7. The molecule has 27 heavy (non-hydrogen) atoms. The normalized spacial score (nSPS) is 12.0. The molecule has 0 radical (unpaired) electrons. The number of nitrogens with one attached hydrogen (secondary N) is 1. The van der Waals surface area contributed by atoms with Crippen LogP contribution < -0.4 is 5.32 Å². The fourth-order valence-corrected chi connectivity index (χ4v) is 3.15. The maximum Gasteiger partial charge on any atom is 0.225 e. The average Bonchev–Trinajstić information content (AvgIpc) is 3.13. The van der Waals surface area contributed by atoms with Crippen LogP contribution in [-0.2, 0) is 4.79 Å². The molecule has 0 aliphatic rings. The van der Waals surface area contributed by atoms with Gasteiger partial charge in [0.15, 0.2) is 0 Å². The largest absolute Gasteiger partial charge is 0.466 e. The molecule has 1 N–H and O–H groups in total. The van der Waals surface area contributed by atoms with Crippen LogP contribution in [0.2, 0.25) is 0 Å². The van der Waals surface area contributed by atoms with Crippen LogP contribution in [0.5, 0.6) is 0 Å². The van der Waals surface area contributed by atoms with Crippen molar-refractivity contribution in [2.75, 3.05) is 5.32 Å². The Morgan fingerprint density at radius 2 is 1.78 bits per heavy atom. The molecule has 134 valence electrons. The van der Waals surface area contributed by atoms with Gasteiger partial charge in [0.05, 0.1) is 17.0 Å². The van der Waals surface area contributed by atoms with Gasteiger partial charge in [-0.05, 0) is 42.8 Å². The summed E-state index contributed by atoms with van der Waals surface area (Å²) >= 11 is 0. The Morgan fingerprint density at radius 1 is 1.00 bits per heavy atom. The Morgan fingerprint density at radius 3 is 2.52 bits per heavy atom. The Labute approximate surface area is 157 Å². The molecule has 0 fully saturated rings. The number of hydrogen-bond acceptors (Lipinski definition) is 4. The van der Waals surface area contributed by atoms with Gasteiger partial charge in [-0.3, -0.25) is 14.8 Å². The van der Waals surface area contributed by atoms with E-state index in [1.54, 1.807) is 12.4 Å². The molecule has 1 amide bonds. The first-order chi connectivity index (χ1) is 13.2. The molecule has 0 saturated heterocycles. The lowest BCUT2D eigenvalue weighted by molar-refractivity contribution is -0.116. The van der Waals surface area contributed by atoms with E-state index >= 15 is 0 Å². The minimum Gasteiger partial charge on any atom is -0.466 e. The van der Waals surface area contributed by atoms with Crippen molar-refractivity contribution in [3.05, 3.63) is 90.1 Å². The summed E-state index contributed by atoms with van der Waals surface area (Å²) in [6.07, 6.45) is 3.57. The van der Waals surface area contributed by atoms with Gasteiger partial charge in [0, 0.05) is 24.5 Å². The van der Waals surface area contributed by atoms with E-state index in [-0.39, 0.29) is 18.2 Å². The number of furan rings is 1. The van der Waals surface area contributed by atoms with Crippen molar-refractivity contribution < 1.29 is 9.21 Å². The molecular formula is C22H19N3O2. The van der Waals surface area contributed by atoms with E-state index < -0.39 is 0 Å². The number of nitrogens with zero attached hydrogens (tertiary/aromatic N) is 2. The van der Waals surface area contributed by atoms with Crippen LogP contribution in [0.1, 0.15) is 29.4 Å². The molecule has 1 unspecified atom stereocenters. The van der Waals surface area contributed by atoms with Gasteiger partial charge < -0.3 is 9.73 Å². The molecule has 4 rings (SSSR count). The number of anilines is 1. The topological polar surface area (TPSA) is 68.0 Å². The van der Waals surface area contributed by atoms with E-state index in [2.05, 4.69) is 15.3 Å².